The summed E-state index contributed by atoms with van der Waals surface area (Å²) in [5.74, 6) is 1.03. The van der Waals surface area contributed by atoms with Crippen LogP contribution in [0.4, 0.5) is 11.4 Å². The molecule has 0 bridgehead atoms. The molecule has 2 heterocycles. The van der Waals surface area contributed by atoms with Gasteiger partial charge in [0.1, 0.15) is 5.75 Å². The first kappa shape index (κ1) is 19.1. The number of para-hydroxylation sites is 1. The van der Waals surface area contributed by atoms with Gasteiger partial charge < -0.3 is 19.9 Å². The molecule has 0 radical (unpaired) electrons. The summed E-state index contributed by atoms with van der Waals surface area (Å²) in [5.41, 5.74) is 3.99. The van der Waals surface area contributed by atoms with Crippen molar-refractivity contribution in [2.45, 2.75) is 32.1 Å². The zero-order chi connectivity index (χ0) is 19.0. The van der Waals surface area contributed by atoms with Crippen LogP contribution in [0, 0.1) is 0 Å². The number of anilines is 2. The molecule has 150 valence electrons. The molecule has 0 atom stereocenters. The van der Waals surface area contributed by atoms with Crippen LogP contribution < -0.4 is 15.0 Å². The Bertz CT molecular complexity index is 728. The zero-order valence-electron chi connectivity index (χ0n) is 16.9. The number of likely N-dealkylation sites (tertiary alicyclic amines) is 1. The van der Waals surface area contributed by atoms with Crippen molar-refractivity contribution in [3.8, 4) is 5.75 Å². The highest BCUT2D eigenvalue weighted by molar-refractivity contribution is 5.60. The van der Waals surface area contributed by atoms with Gasteiger partial charge in [-0.1, -0.05) is 24.6 Å². The Morgan fingerprint density at radius 1 is 0.893 bits per heavy atom. The molecule has 28 heavy (non-hydrogen) atoms. The van der Waals surface area contributed by atoms with Gasteiger partial charge in [0.15, 0.2) is 0 Å². The number of hydrogen-bond donors (Lipinski definition) is 1. The van der Waals surface area contributed by atoms with Gasteiger partial charge in [0.05, 0.1) is 6.61 Å². The molecule has 1 N–H and O–H groups in total. The van der Waals surface area contributed by atoms with E-state index in [1.165, 1.54) is 55.8 Å². The normalized spacial score (nSPS) is 16.8. The van der Waals surface area contributed by atoms with E-state index in [0.29, 0.717) is 0 Å². The largest absolute Gasteiger partial charge is 0.494 e. The highest BCUT2D eigenvalue weighted by Gasteiger charge is 2.19. The molecule has 0 saturated carbocycles. The SMILES string of the molecule is c1ccc(NCCN2CCc3cc(OCCCN4CCCCC4)ccc32)cc1. The van der Waals surface area contributed by atoms with Crippen molar-refractivity contribution in [3.63, 3.8) is 0 Å². The van der Waals surface area contributed by atoms with Crippen LogP contribution in [0.15, 0.2) is 48.5 Å². The maximum Gasteiger partial charge on any atom is 0.119 e. The molecule has 0 aliphatic carbocycles. The Morgan fingerprint density at radius 2 is 1.75 bits per heavy atom. The summed E-state index contributed by atoms with van der Waals surface area (Å²) >= 11 is 0. The van der Waals surface area contributed by atoms with E-state index in [1.807, 2.05) is 0 Å². The van der Waals surface area contributed by atoms with E-state index < -0.39 is 0 Å². The minimum atomic E-state index is 0.819. The smallest absolute Gasteiger partial charge is 0.119 e. The molecule has 0 spiro atoms. The van der Waals surface area contributed by atoms with Crippen LogP contribution in [0.3, 0.4) is 0 Å². The summed E-state index contributed by atoms with van der Waals surface area (Å²) in [6.45, 7) is 7.62. The van der Waals surface area contributed by atoms with Crippen molar-refractivity contribution in [1.29, 1.82) is 0 Å². The zero-order valence-corrected chi connectivity index (χ0v) is 16.9. The predicted molar refractivity (Wildman–Crippen MR) is 118 cm³/mol. The molecule has 0 amide bonds. The van der Waals surface area contributed by atoms with Crippen LogP contribution in [-0.4, -0.2) is 50.8 Å². The fraction of sp³-hybridized carbons (Fsp3) is 0.500. The molecule has 4 heteroatoms. The quantitative estimate of drug-likeness (QED) is 0.653. The molecule has 0 unspecified atom stereocenters. The van der Waals surface area contributed by atoms with Gasteiger partial charge in [-0.2, -0.15) is 0 Å². The van der Waals surface area contributed by atoms with Crippen LogP contribution in [0.1, 0.15) is 31.2 Å². The van der Waals surface area contributed by atoms with Gasteiger partial charge >= 0.3 is 0 Å². The second-order valence-electron chi connectivity index (χ2n) is 7.92. The van der Waals surface area contributed by atoms with Gasteiger partial charge in [-0.15, -0.1) is 0 Å². The maximum atomic E-state index is 6.04. The third-order valence-electron chi connectivity index (χ3n) is 5.86. The molecule has 2 aliphatic rings. The lowest BCUT2D eigenvalue weighted by atomic mass is 10.1. The van der Waals surface area contributed by atoms with E-state index in [4.69, 9.17) is 4.74 Å². The molecule has 2 aromatic carbocycles. The summed E-state index contributed by atoms with van der Waals surface area (Å²) in [5, 5.41) is 3.50. The lowest BCUT2D eigenvalue weighted by Gasteiger charge is -2.26. The number of rotatable bonds is 9. The molecule has 2 aliphatic heterocycles. The second kappa shape index (κ2) is 9.83. The molecular formula is C24H33N3O. The van der Waals surface area contributed by atoms with Crippen molar-refractivity contribution in [3.05, 3.63) is 54.1 Å². The monoisotopic (exact) mass is 379 g/mol. The second-order valence-corrected chi connectivity index (χ2v) is 7.92. The lowest BCUT2D eigenvalue weighted by Crippen LogP contribution is -2.31. The lowest BCUT2D eigenvalue weighted by molar-refractivity contribution is 0.205. The molecular weight excluding hydrogens is 346 g/mol. The minimum Gasteiger partial charge on any atom is -0.494 e. The number of piperidine rings is 1. The maximum absolute atomic E-state index is 6.04. The number of benzene rings is 2. The summed E-state index contributed by atoms with van der Waals surface area (Å²) < 4.78 is 6.04. The van der Waals surface area contributed by atoms with E-state index in [-0.39, 0.29) is 0 Å². The van der Waals surface area contributed by atoms with Crippen molar-refractivity contribution >= 4 is 11.4 Å². The number of nitrogens with one attached hydrogen (secondary N) is 1. The average molecular weight is 380 g/mol. The van der Waals surface area contributed by atoms with Gasteiger partial charge in [0, 0.05) is 37.6 Å². The summed E-state index contributed by atoms with van der Waals surface area (Å²) in [6.07, 6.45) is 6.37. The van der Waals surface area contributed by atoms with Gasteiger partial charge in [-0.25, -0.2) is 0 Å². The highest BCUT2D eigenvalue weighted by atomic mass is 16.5. The fourth-order valence-electron chi connectivity index (χ4n) is 4.32. The minimum absolute atomic E-state index is 0.819. The number of fused-ring (bicyclic) bond motifs is 1. The van der Waals surface area contributed by atoms with Crippen molar-refractivity contribution < 1.29 is 4.74 Å². The first-order valence-corrected chi connectivity index (χ1v) is 10.9. The van der Waals surface area contributed by atoms with E-state index in [1.54, 1.807) is 0 Å². The van der Waals surface area contributed by atoms with Crippen molar-refractivity contribution in [1.82, 2.24) is 4.90 Å². The number of nitrogens with zero attached hydrogens (tertiary/aromatic N) is 2. The molecule has 1 saturated heterocycles. The molecule has 4 nitrogen and oxygen atoms in total. The molecule has 0 aromatic heterocycles. The highest BCUT2D eigenvalue weighted by Crippen LogP contribution is 2.31. The van der Waals surface area contributed by atoms with E-state index in [0.717, 1.165) is 44.8 Å². The third-order valence-corrected chi connectivity index (χ3v) is 5.86. The average Bonchev–Trinajstić information content (AvgIpc) is 3.15. The van der Waals surface area contributed by atoms with Crippen LogP contribution in [0.2, 0.25) is 0 Å². The summed E-state index contributed by atoms with van der Waals surface area (Å²) in [7, 11) is 0. The van der Waals surface area contributed by atoms with E-state index in [2.05, 4.69) is 63.6 Å². The van der Waals surface area contributed by atoms with Crippen molar-refractivity contribution in [2.75, 3.05) is 56.1 Å². The van der Waals surface area contributed by atoms with Gasteiger partial charge in [-0.3, -0.25) is 0 Å². The Hall–Kier alpha value is -2.20. The van der Waals surface area contributed by atoms with Gasteiger partial charge in [0.2, 0.25) is 0 Å². The Morgan fingerprint density at radius 3 is 2.61 bits per heavy atom. The van der Waals surface area contributed by atoms with Crippen molar-refractivity contribution in [2.24, 2.45) is 0 Å². The summed E-state index contributed by atoms with van der Waals surface area (Å²) in [4.78, 5) is 5.06. The number of hydrogen-bond acceptors (Lipinski definition) is 4. The van der Waals surface area contributed by atoms with Crippen LogP contribution in [-0.2, 0) is 6.42 Å². The van der Waals surface area contributed by atoms with Crippen LogP contribution in [0.25, 0.3) is 0 Å². The topological polar surface area (TPSA) is 27.7 Å². The number of ether oxygens (including phenoxy) is 1. The van der Waals surface area contributed by atoms with Gasteiger partial charge in [0.25, 0.3) is 0 Å². The van der Waals surface area contributed by atoms with Gasteiger partial charge in [-0.05, 0) is 74.7 Å². The molecule has 4 rings (SSSR count). The fourth-order valence-corrected chi connectivity index (χ4v) is 4.32. The van der Waals surface area contributed by atoms with Crippen LogP contribution >= 0.6 is 0 Å². The van der Waals surface area contributed by atoms with Crippen LogP contribution in [0.5, 0.6) is 5.75 Å². The Labute approximate surface area is 169 Å². The first-order chi connectivity index (χ1) is 13.9. The Balaban J connectivity index is 1.20. The van der Waals surface area contributed by atoms with E-state index in [9.17, 15) is 0 Å². The first-order valence-electron chi connectivity index (χ1n) is 10.9. The predicted octanol–water partition coefficient (Wildman–Crippen LogP) is 4.42. The Kier molecular flexibility index (Phi) is 6.72. The third kappa shape index (κ3) is 5.20. The van der Waals surface area contributed by atoms with E-state index >= 15 is 0 Å². The molecule has 2 aromatic rings. The summed E-state index contributed by atoms with van der Waals surface area (Å²) in [6, 6.07) is 17.1. The molecule has 1 fully saturated rings. The standard InChI is InChI=1S/C24H33N3O/c1-3-8-22(9-4-1)25-13-18-27-17-12-21-20-23(10-11-24(21)27)28-19-7-16-26-14-5-2-6-15-26/h1,3-4,8-11,20,25H,2,5-7,12-19H2.